The smallest absolute Gasteiger partial charge is 0.119 e. The molecule has 0 aliphatic carbocycles. The molecule has 1 heterocycles. The molecular formula is C29H40Cl2O2STi-2. The molecule has 3 aromatic rings. The molecule has 6 heteroatoms. The Labute approximate surface area is 240 Å². The number of phenolic OH excluding ortho intramolecular Hbond substituents is 2. The van der Waals surface area contributed by atoms with Crippen molar-refractivity contribution in [3.05, 3.63) is 80.0 Å². The topological polar surface area (TPSA) is 40.5 Å². The van der Waals surface area contributed by atoms with Crippen molar-refractivity contribution in [2.24, 2.45) is 0 Å². The summed E-state index contributed by atoms with van der Waals surface area (Å²) < 4.78 is 2.16. The van der Waals surface area contributed by atoms with Crippen molar-refractivity contribution in [2.75, 3.05) is 0 Å². The van der Waals surface area contributed by atoms with Gasteiger partial charge >= 0.3 is 70.9 Å². The molecule has 0 bridgehead atoms. The number of benzene rings is 2. The molecule has 0 fully saturated rings. The normalized spacial score (nSPS) is 10.4. The molecule has 0 aliphatic heterocycles. The van der Waals surface area contributed by atoms with E-state index in [1.807, 2.05) is 49.4 Å². The summed E-state index contributed by atoms with van der Waals surface area (Å²) in [7, 11) is 0. The minimum Gasteiger partial charge on any atom is -1.00 e. The van der Waals surface area contributed by atoms with Gasteiger partial charge in [0.25, 0.3) is 0 Å². The molecule has 0 unspecified atom stereocenters. The van der Waals surface area contributed by atoms with Crippen molar-refractivity contribution in [2.45, 2.75) is 80.1 Å². The van der Waals surface area contributed by atoms with E-state index in [4.69, 9.17) is 0 Å². The molecule has 0 saturated heterocycles. The van der Waals surface area contributed by atoms with Crippen LogP contribution < -0.4 is 24.8 Å². The van der Waals surface area contributed by atoms with Crippen LogP contribution in [-0.2, 0) is 30.8 Å². The van der Waals surface area contributed by atoms with Gasteiger partial charge in [-0.2, -0.15) is 0 Å². The molecule has 0 amide bonds. The van der Waals surface area contributed by atoms with Gasteiger partial charge in [0.15, 0.2) is 0 Å². The van der Waals surface area contributed by atoms with Gasteiger partial charge in [-0.1, -0.05) is 76.9 Å². The third-order valence-electron chi connectivity index (χ3n) is 5.13. The fourth-order valence-electron chi connectivity index (χ4n) is 3.30. The van der Waals surface area contributed by atoms with E-state index in [1.54, 1.807) is 12.1 Å². The Balaban J connectivity index is 0. The SMILES string of the molecule is Cc1cc(C)c([CH]=[Ti])s1.Cc1ccc(O)c(C(C)(C)C)c1.Cc1ccc(O)c(C(C)(C)C)c1.[Cl-].[Cl-]. The molecule has 0 atom stereocenters. The second-order valence-electron chi connectivity index (χ2n) is 10.6. The fraction of sp³-hybridized carbons (Fsp3) is 0.414. The maximum atomic E-state index is 9.57. The van der Waals surface area contributed by atoms with E-state index in [0.717, 1.165) is 11.1 Å². The van der Waals surface area contributed by atoms with Crippen LogP contribution in [0.1, 0.15) is 79.1 Å². The molecule has 0 radical (unpaired) electrons. The van der Waals surface area contributed by atoms with Crippen LogP contribution in [0.25, 0.3) is 0 Å². The third-order valence-corrected chi connectivity index (χ3v) is 7.01. The number of hydrogen-bond donors (Lipinski definition) is 2. The number of thiophene rings is 1. The first-order valence-electron chi connectivity index (χ1n) is 11.2. The van der Waals surface area contributed by atoms with Crippen molar-refractivity contribution in [3.8, 4) is 11.5 Å². The van der Waals surface area contributed by atoms with Gasteiger partial charge in [-0.15, -0.1) is 0 Å². The van der Waals surface area contributed by atoms with Crippen LogP contribution in [0.15, 0.2) is 42.5 Å². The second kappa shape index (κ2) is 15.2. The summed E-state index contributed by atoms with van der Waals surface area (Å²) in [6.07, 6.45) is 0. The third kappa shape index (κ3) is 12.1. The van der Waals surface area contributed by atoms with Gasteiger partial charge in [0.2, 0.25) is 0 Å². The van der Waals surface area contributed by atoms with Crippen molar-refractivity contribution < 1.29 is 55.0 Å². The first-order valence-corrected chi connectivity index (χ1v) is 13.0. The van der Waals surface area contributed by atoms with E-state index in [9.17, 15) is 10.2 Å². The van der Waals surface area contributed by atoms with Gasteiger partial charge in [-0.25, -0.2) is 0 Å². The molecule has 3 rings (SSSR count). The number of halogens is 2. The van der Waals surface area contributed by atoms with Crippen LogP contribution in [0.2, 0.25) is 0 Å². The number of phenols is 2. The second-order valence-corrected chi connectivity index (χ2v) is 12.3. The van der Waals surface area contributed by atoms with E-state index in [1.165, 1.54) is 26.4 Å². The van der Waals surface area contributed by atoms with Gasteiger partial charge in [-0.05, 0) is 47.9 Å². The number of hydrogen-bond acceptors (Lipinski definition) is 3. The molecule has 0 spiro atoms. The van der Waals surface area contributed by atoms with Gasteiger partial charge in [0.05, 0.1) is 0 Å². The standard InChI is InChI=1S/2C11H16O.C7H8S.2ClH.Ti/c2*1-8-5-6-10(12)9(7-8)11(2,3)4;1-5-4-6(2)8-7(5)3;;;/h2*5-7,12H,1-4H3;3-4H,1-2H3;2*1H;/p-2. The maximum absolute atomic E-state index is 9.57. The first kappa shape index (κ1) is 36.1. The van der Waals surface area contributed by atoms with Crippen LogP contribution in [0.4, 0.5) is 0 Å². The van der Waals surface area contributed by atoms with Gasteiger partial charge in [-0.3, -0.25) is 0 Å². The Kier molecular flexibility index (Phi) is 15.7. The maximum Gasteiger partial charge on any atom is 0.119 e. The predicted octanol–water partition coefficient (Wildman–Crippen LogP) is 2.07. The molecule has 2 nitrogen and oxygen atoms in total. The fourth-order valence-corrected chi connectivity index (χ4v) is 4.80. The summed E-state index contributed by atoms with van der Waals surface area (Å²) >= 11 is 3.94. The zero-order valence-electron chi connectivity index (χ0n) is 22.7. The van der Waals surface area contributed by atoms with E-state index < -0.39 is 0 Å². The molecule has 35 heavy (non-hydrogen) atoms. The van der Waals surface area contributed by atoms with Crippen LogP contribution >= 0.6 is 11.3 Å². The van der Waals surface area contributed by atoms with Gasteiger partial charge in [0.1, 0.15) is 11.5 Å². The molecule has 0 saturated carbocycles. The average molecular weight is 571 g/mol. The van der Waals surface area contributed by atoms with Gasteiger partial charge < -0.3 is 35.0 Å². The summed E-state index contributed by atoms with van der Waals surface area (Å²) in [5.74, 6) is 0.793. The molecule has 2 aromatic carbocycles. The largest absolute Gasteiger partial charge is 1.00 e. The molecule has 0 aliphatic rings. The number of aromatic hydroxyl groups is 2. The van der Waals surface area contributed by atoms with Crippen LogP contribution in [0, 0.1) is 27.7 Å². The monoisotopic (exact) mass is 570 g/mol. The predicted molar refractivity (Wildman–Crippen MR) is 142 cm³/mol. The minimum absolute atomic E-state index is 0. The van der Waals surface area contributed by atoms with E-state index in [0.29, 0.717) is 11.5 Å². The summed E-state index contributed by atoms with van der Waals surface area (Å²) in [6, 6.07) is 13.7. The quantitative estimate of drug-likeness (QED) is 0.440. The van der Waals surface area contributed by atoms with Crippen molar-refractivity contribution in [1.82, 2.24) is 0 Å². The first-order chi connectivity index (χ1) is 15.1. The Morgan fingerprint density at radius 1 is 0.686 bits per heavy atom. The Morgan fingerprint density at radius 2 is 1.06 bits per heavy atom. The van der Waals surface area contributed by atoms with Crippen LogP contribution in [-0.4, -0.2) is 14.5 Å². The Hall–Kier alpha value is -1.10. The Morgan fingerprint density at radius 3 is 1.26 bits per heavy atom. The summed E-state index contributed by atoms with van der Waals surface area (Å²) in [6.45, 7) is 21.0. The van der Waals surface area contributed by atoms with E-state index in [-0.39, 0.29) is 35.6 Å². The van der Waals surface area contributed by atoms with E-state index in [2.05, 4.69) is 85.7 Å². The average Bonchev–Trinajstić information content (AvgIpc) is 3.02. The molecular weight excluding hydrogens is 531 g/mol. The van der Waals surface area contributed by atoms with Crippen molar-refractivity contribution in [1.29, 1.82) is 0 Å². The summed E-state index contributed by atoms with van der Waals surface area (Å²) in [5.41, 5.74) is 5.87. The summed E-state index contributed by atoms with van der Waals surface area (Å²) in [4.78, 5) is 2.81. The molecule has 1 aromatic heterocycles. The van der Waals surface area contributed by atoms with Crippen molar-refractivity contribution >= 4 is 15.7 Å². The van der Waals surface area contributed by atoms with Gasteiger partial charge in [0, 0.05) is 0 Å². The minimum atomic E-state index is 0. The Bertz CT molecular complexity index is 1020. The number of rotatable bonds is 1. The van der Waals surface area contributed by atoms with Crippen LogP contribution in [0.3, 0.4) is 0 Å². The number of aryl methyl sites for hydroxylation is 4. The van der Waals surface area contributed by atoms with Crippen LogP contribution in [0.5, 0.6) is 11.5 Å². The van der Waals surface area contributed by atoms with Crippen molar-refractivity contribution in [3.63, 3.8) is 0 Å². The van der Waals surface area contributed by atoms with E-state index >= 15 is 0 Å². The summed E-state index contributed by atoms with van der Waals surface area (Å²) in [5, 5.41) is 19.1. The zero-order chi connectivity index (χ0) is 25.6. The molecule has 194 valence electrons. The zero-order valence-corrected chi connectivity index (χ0v) is 26.6. The molecule has 2 N–H and O–H groups in total.